The van der Waals surface area contributed by atoms with E-state index in [0.717, 1.165) is 11.1 Å². The topological polar surface area (TPSA) is 55.8 Å². The van der Waals surface area contributed by atoms with Gasteiger partial charge in [0.1, 0.15) is 11.5 Å². The molecule has 0 saturated heterocycles. The van der Waals surface area contributed by atoms with Crippen molar-refractivity contribution in [3.8, 4) is 11.5 Å². The number of ether oxygens (including phenoxy) is 2. The molecule has 0 N–H and O–H groups in total. The van der Waals surface area contributed by atoms with Gasteiger partial charge in [-0.25, -0.2) is 4.90 Å². The zero-order valence-corrected chi connectivity index (χ0v) is 20.1. The lowest BCUT2D eigenvalue weighted by Gasteiger charge is -2.29. The molecule has 5 nitrogen and oxygen atoms in total. The second-order valence-corrected chi connectivity index (χ2v) is 8.50. The average Bonchev–Trinajstić information content (AvgIpc) is 2.83. The SMILES string of the molecule is COc1cccc(C(=O)N(C(=O)c2cccc(OC)c2)c2c(C(C)C)cccc2C(C)C)c1. The minimum absolute atomic E-state index is 0.109. The van der Waals surface area contributed by atoms with Crippen LogP contribution in [0.2, 0.25) is 0 Å². The Labute approximate surface area is 196 Å². The number of imide groups is 1. The third-order valence-electron chi connectivity index (χ3n) is 5.61. The summed E-state index contributed by atoms with van der Waals surface area (Å²) in [5.74, 6) is 0.509. The van der Waals surface area contributed by atoms with E-state index < -0.39 is 11.8 Å². The van der Waals surface area contributed by atoms with Crippen LogP contribution in [0.5, 0.6) is 11.5 Å². The molecule has 0 fully saturated rings. The smallest absolute Gasteiger partial charge is 0.265 e. The summed E-state index contributed by atoms with van der Waals surface area (Å²) < 4.78 is 10.6. The van der Waals surface area contributed by atoms with Crippen LogP contribution in [0, 0.1) is 0 Å². The molecule has 0 aliphatic heterocycles. The molecule has 0 bridgehead atoms. The van der Waals surface area contributed by atoms with Crippen LogP contribution in [0.4, 0.5) is 5.69 Å². The number of rotatable bonds is 7. The van der Waals surface area contributed by atoms with Crippen molar-refractivity contribution in [1.29, 1.82) is 0 Å². The van der Waals surface area contributed by atoms with Crippen LogP contribution in [-0.2, 0) is 0 Å². The predicted octanol–water partition coefficient (Wildman–Crippen LogP) is 6.44. The first-order valence-electron chi connectivity index (χ1n) is 11.1. The van der Waals surface area contributed by atoms with E-state index >= 15 is 0 Å². The molecule has 3 aromatic rings. The van der Waals surface area contributed by atoms with Gasteiger partial charge in [-0.05, 0) is 59.4 Å². The van der Waals surface area contributed by atoms with Crippen LogP contribution in [-0.4, -0.2) is 26.0 Å². The molecule has 3 rings (SSSR count). The van der Waals surface area contributed by atoms with Gasteiger partial charge in [0.05, 0.1) is 19.9 Å². The molecule has 2 amide bonds. The zero-order valence-electron chi connectivity index (χ0n) is 20.1. The summed E-state index contributed by atoms with van der Waals surface area (Å²) in [6.45, 7) is 8.25. The Kier molecular flexibility index (Phi) is 7.54. The molecule has 0 saturated carbocycles. The Morgan fingerprint density at radius 1 is 0.667 bits per heavy atom. The molecule has 0 unspecified atom stereocenters. The van der Waals surface area contributed by atoms with Gasteiger partial charge in [-0.2, -0.15) is 0 Å². The molecule has 0 atom stereocenters. The third-order valence-corrected chi connectivity index (χ3v) is 5.61. The van der Waals surface area contributed by atoms with Crippen molar-refractivity contribution in [1.82, 2.24) is 0 Å². The number of carbonyl (C=O) groups excluding carboxylic acids is 2. The van der Waals surface area contributed by atoms with E-state index in [0.29, 0.717) is 28.3 Å². The molecule has 0 aromatic heterocycles. The Bertz CT molecular complexity index is 1060. The molecule has 3 aromatic carbocycles. The lowest BCUT2D eigenvalue weighted by Crippen LogP contribution is -2.38. The van der Waals surface area contributed by atoms with Crippen molar-refractivity contribution in [2.24, 2.45) is 0 Å². The predicted molar refractivity (Wildman–Crippen MR) is 132 cm³/mol. The maximum atomic E-state index is 14.0. The monoisotopic (exact) mass is 445 g/mol. The first-order valence-corrected chi connectivity index (χ1v) is 11.1. The fourth-order valence-corrected chi connectivity index (χ4v) is 3.84. The lowest BCUT2D eigenvalue weighted by molar-refractivity contribution is 0.0896. The number of hydrogen-bond acceptors (Lipinski definition) is 4. The summed E-state index contributed by atoms with van der Waals surface area (Å²) in [4.78, 5) is 29.2. The number of carbonyl (C=O) groups is 2. The molecular formula is C28H31NO4. The van der Waals surface area contributed by atoms with Gasteiger partial charge in [-0.15, -0.1) is 0 Å². The van der Waals surface area contributed by atoms with Crippen molar-refractivity contribution >= 4 is 17.5 Å². The van der Waals surface area contributed by atoms with Crippen molar-refractivity contribution in [2.45, 2.75) is 39.5 Å². The first-order chi connectivity index (χ1) is 15.8. The van der Waals surface area contributed by atoms with Gasteiger partial charge in [-0.1, -0.05) is 58.0 Å². The molecule has 5 heteroatoms. The number of methoxy groups -OCH3 is 2. The lowest BCUT2D eigenvalue weighted by atomic mass is 9.91. The Morgan fingerprint density at radius 2 is 1.06 bits per heavy atom. The molecule has 0 spiro atoms. The highest BCUT2D eigenvalue weighted by Crippen LogP contribution is 2.37. The first kappa shape index (κ1) is 24.1. The largest absolute Gasteiger partial charge is 0.497 e. The second-order valence-electron chi connectivity index (χ2n) is 8.50. The minimum atomic E-state index is -0.406. The van der Waals surface area contributed by atoms with Gasteiger partial charge in [0, 0.05) is 11.1 Å². The van der Waals surface area contributed by atoms with E-state index in [1.165, 1.54) is 4.90 Å². The van der Waals surface area contributed by atoms with E-state index in [1.807, 2.05) is 18.2 Å². The number of para-hydroxylation sites is 1. The fourth-order valence-electron chi connectivity index (χ4n) is 3.84. The van der Waals surface area contributed by atoms with Gasteiger partial charge in [0.15, 0.2) is 0 Å². The van der Waals surface area contributed by atoms with Gasteiger partial charge >= 0.3 is 0 Å². The van der Waals surface area contributed by atoms with Crippen LogP contribution in [0.25, 0.3) is 0 Å². The maximum absolute atomic E-state index is 14.0. The highest BCUT2D eigenvalue weighted by molar-refractivity contribution is 6.26. The molecule has 0 radical (unpaired) electrons. The Hall–Kier alpha value is -3.60. The number of benzene rings is 3. The van der Waals surface area contributed by atoms with Crippen LogP contribution in [0.3, 0.4) is 0 Å². The Morgan fingerprint density at radius 3 is 1.42 bits per heavy atom. The standard InChI is InChI=1S/C28H31NO4/c1-18(2)24-14-9-15-25(19(3)4)26(24)29(27(30)20-10-7-12-22(16-20)32-5)28(31)21-11-8-13-23(17-21)33-6/h7-19H,1-6H3. The van der Waals surface area contributed by atoms with Gasteiger partial charge in [0.25, 0.3) is 11.8 Å². The zero-order chi connectivity index (χ0) is 24.1. The quantitative estimate of drug-likeness (QED) is 0.393. The van der Waals surface area contributed by atoms with Gasteiger partial charge < -0.3 is 9.47 Å². The second kappa shape index (κ2) is 10.3. The highest BCUT2D eigenvalue weighted by atomic mass is 16.5. The molecule has 0 aliphatic rings. The summed E-state index contributed by atoms with van der Waals surface area (Å²) in [7, 11) is 3.10. The number of amides is 2. The number of nitrogens with zero attached hydrogens (tertiary/aromatic N) is 1. The maximum Gasteiger partial charge on any atom is 0.265 e. The van der Waals surface area contributed by atoms with E-state index in [1.54, 1.807) is 62.8 Å². The fraction of sp³-hybridized carbons (Fsp3) is 0.286. The van der Waals surface area contributed by atoms with Crippen LogP contribution in [0.15, 0.2) is 66.7 Å². The third kappa shape index (κ3) is 5.08. The van der Waals surface area contributed by atoms with Crippen LogP contribution in [0.1, 0.15) is 71.4 Å². The minimum Gasteiger partial charge on any atom is -0.497 e. The van der Waals surface area contributed by atoms with E-state index in [-0.39, 0.29) is 11.8 Å². The molecule has 172 valence electrons. The number of anilines is 1. The summed E-state index contributed by atoms with van der Waals surface area (Å²) >= 11 is 0. The van der Waals surface area contributed by atoms with Gasteiger partial charge in [-0.3, -0.25) is 9.59 Å². The normalized spacial score (nSPS) is 10.9. The molecule has 0 heterocycles. The van der Waals surface area contributed by atoms with Gasteiger partial charge in [0.2, 0.25) is 0 Å². The van der Waals surface area contributed by atoms with E-state index in [4.69, 9.17) is 9.47 Å². The van der Waals surface area contributed by atoms with Crippen molar-refractivity contribution in [3.63, 3.8) is 0 Å². The Balaban J connectivity index is 2.28. The van der Waals surface area contributed by atoms with Crippen molar-refractivity contribution in [2.75, 3.05) is 19.1 Å². The molecule has 0 aliphatic carbocycles. The summed E-state index contributed by atoms with van der Waals surface area (Å²) in [6.07, 6.45) is 0. The van der Waals surface area contributed by atoms with E-state index in [9.17, 15) is 9.59 Å². The summed E-state index contributed by atoms with van der Waals surface area (Å²) in [5.41, 5.74) is 3.27. The summed E-state index contributed by atoms with van der Waals surface area (Å²) in [5, 5.41) is 0. The molecule has 33 heavy (non-hydrogen) atoms. The highest BCUT2D eigenvalue weighted by Gasteiger charge is 2.31. The van der Waals surface area contributed by atoms with Crippen LogP contribution < -0.4 is 14.4 Å². The number of hydrogen-bond donors (Lipinski definition) is 0. The molecular weight excluding hydrogens is 414 g/mol. The van der Waals surface area contributed by atoms with Crippen molar-refractivity contribution < 1.29 is 19.1 Å². The van der Waals surface area contributed by atoms with Crippen molar-refractivity contribution in [3.05, 3.63) is 89.0 Å². The van der Waals surface area contributed by atoms with Crippen LogP contribution >= 0.6 is 0 Å². The summed E-state index contributed by atoms with van der Waals surface area (Å²) in [6, 6.07) is 19.7. The van der Waals surface area contributed by atoms with E-state index in [2.05, 4.69) is 27.7 Å². The average molecular weight is 446 g/mol.